The lowest BCUT2D eigenvalue weighted by atomic mass is 9.81. The highest BCUT2D eigenvalue weighted by Crippen LogP contribution is 2.49. The number of fused-ring (bicyclic) bond motifs is 2. The van der Waals surface area contributed by atoms with E-state index < -0.39 is 0 Å². The molecule has 0 aliphatic heterocycles. The van der Waals surface area contributed by atoms with Gasteiger partial charge >= 0.3 is 0 Å². The molecule has 1 aromatic carbocycles. The fourth-order valence-electron chi connectivity index (χ4n) is 4.00. The molecule has 98 valence electrons. The summed E-state index contributed by atoms with van der Waals surface area (Å²) in [6.45, 7) is 0. The third-order valence-corrected chi connectivity index (χ3v) is 5.42. The summed E-state index contributed by atoms with van der Waals surface area (Å²) >= 11 is 3.48. The van der Waals surface area contributed by atoms with Gasteiger partial charge in [-0.2, -0.15) is 0 Å². The van der Waals surface area contributed by atoms with Gasteiger partial charge in [0.15, 0.2) is 0 Å². The zero-order valence-corrected chi connectivity index (χ0v) is 12.2. The molecule has 0 heterocycles. The summed E-state index contributed by atoms with van der Waals surface area (Å²) in [6, 6.07) is 9.07. The Kier molecular flexibility index (Phi) is 3.73. The summed E-state index contributed by atoms with van der Waals surface area (Å²) in [7, 11) is 0. The van der Waals surface area contributed by atoms with Crippen LogP contribution in [0.5, 0.6) is 0 Å². The zero-order valence-electron chi connectivity index (χ0n) is 10.6. The maximum absolute atomic E-state index is 5.80. The van der Waals surface area contributed by atoms with E-state index in [1.54, 1.807) is 0 Å². The van der Waals surface area contributed by atoms with Crippen molar-refractivity contribution in [2.24, 2.45) is 23.6 Å². The molecule has 2 saturated carbocycles. The van der Waals surface area contributed by atoms with E-state index in [9.17, 15) is 0 Å². The van der Waals surface area contributed by atoms with E-state index in [1.807, 2.05) is 0 Å². The lowest BCUT2D eigenvalue weighted by Gasteiger charge is -2.30. The van der Waals surface area contributed by atoms with Crippen molar-refractivity contribution in [1.82, 2.24) is 5.43 Å². The molecule has 0 aromatic heterocycles. The summed E-state index contributed by atoms with van der Waals surface area (Å²) in [6.07, 6.45) is 6.77. The van der Waals surface area contributed by atoms with Gasteiger partial charge in [0.05, 0.1) is 0 Å². The summed E-state index contributed by atoms with van der Waals surface area (Å²) in [4.78, 5) is 0. The number of hydrazine groups is 1. The topological polar surface area (TPSA) is 38.0 Å². The van der Waals surface area contributed by atoms with E-state index in [4.69, 9.17) is 5.84 Å². The van der Waals surface area contributed by atoms with Gasteiger partial charge in [0.25, 0.3) is 0 Å². The smallest absolute Gasteiger partial charge is 0.0281 e. The molecule has 18 heavy (non-hydrogen) atoms. The monoisotopic (exact) mass is 308 g/mol. The molecule has 3 heteroatoms. The SMILES string of the molecule is NNC(Cc1ccc(Br)cc1)C1CC2CCC1C2. The van der Waals surface area contributed by atoms with Gasteiger partial charge in [0.1, 0.15) is 0 Å². The maximum Gasteiger partial charge on any atom is 0.0281 e. The highest BCUT2D eigenvalue weighted by molar-refractivity contribution is 9.10. The Hall–Kier alpha value is -0.380. The Bertz CT molecular complexity index is 403. The Morgan fingerprint density at radius 3 is 2.56 bits per heavy atom. The molecule has 2 bridgehead atoms. The van der Waals surface area contributed by atoms with Crippen LogP contribution < -0.4 is 11.3 Å². The molecular formula is C15H21BrN2. The van der Waals surface area contributed by atoms with E-state index in [0.29, 0.717) is 6.04 Å². The third kappa shape index (κ3) is 2.49. The largest absolute Gasteiger partial charge is 0.271 e. The van der Waals surface area contributed by atoms with Crippen LogP contribution in [0, 0.1) is 17.8 Å². The van der Waals surface area contributed by atoms with Crippen LogP contribution in [-0.2, 0) is 6.42 Å². The van der Waals surface area contributed by atoms with Crippen molar-refractivity contribution >= 4 is 15.9 Å². The van der Waals surface area contributed by atoms with Crippen LogP contribution in [0.2, 0.25) is 0 Å². The predicted octanol–water partition coefficient (Wildman–Crippen LogP) is 3.26. The Morgan fingerprint density at radius 1 is 1.22 bits per heavy atom. The number of nitrogens with one attached hydrogen (secondary N) is 1. The molecule has 1 aromatic rings. The predicted molar refractivity (Wildman–Crippen MR) is 77.9 cm³/mol. The minimum atomic E-state index is 0.446. The number of hydrogen-bond donors (Lipinski definition) is 2. The van der Waals surface area contributed by atoms with Crippen LogP contribution in [0.3, 0.4) is 0 Å². The molecule has 0 saturated heterocycles. The average Bonchev–Trinajstić information content (AvgIpc) is 3.00. The van der Waals surface area contributed by atoms with Crippen molar-refractivity contribution < 1.29 is 0 Å². The minimum absolute atomic E-state index is 0.446. The highest BCUT2D eigenvalue weighted by Gasteiger charge is 2.42. The molecule has 3 rings (SSSR count). The van der Waals surface area contributed by atoms with Crippen molar-refractivity contribution in [2.75, 3.05) is 0 Å². The van der Waals surface area contributed by atoms with E-state index >= 15 is 0 Å². The first kappa shape index (κ1) is 12.6. The van der Waals surface area contributed by atoms with Gasteiger partial charge in [0.2, 0.25) is 0 Å². The minimum Gasteiger partial charge on any atom is -0.271 e. The molecule has 4 atom stereocenters. The van der Waals surface area contributed by atoms with Crippen molar-refractivity contribution in [3.05, 3.63) is 34.3 Å². The van der Waals surface area contributed by atoms with Crippen LogP contribution >= 0.6 is 15.9 Å². The number of halogens is 1. The molecule has 2 aliphatic carbocycles. The maximum atomic E-state index is 5.80. The van der Waals surface area contributed by atoms with Gasteiger partial charge in [0, 0.05) is 10.5 Å². The molecule has 2 fully saturated rings. The second-order valence-corrected chi connectivity index (χ2v) is 6.86. The summed E-state index contributed by atoms with van der Waals surface area (Å²) in [5, 5.41) is 0. The number of hydrogen-bond acceptors (Lipinski definition) is 2. The van der Waals surface area contributed by atoms with Gasteiger partial charge in [-0.25, -0.2) is 0 Å². The van der Waals surface area contributed by atoms with Crippen LogP contribution in [0.25, 0.3) is 0 Å². The zero-order chi connectivity index (χ0) is 12.5. The fraction of sp³-hybridized carbons (Fsp3) is 0.600. The fourth-order valence-corrected chi connectivity index (χ4v) is 4.26. The van der Waals surface area contributed by atoms with Crippen LogP contribution in [0.4, 0.5) is 0 Å². The van der Waals surface area contributed by atoms with Gasteiger partial charge in [-0.05, 0) is 61.1 Å². The molecule has 0 spiro atoms. The lowest BCUT2D eigenvalue weighted by molar-refractivity contribution is 0.248. The van der Waals surface area contributed by atoms with Gasteiger partial charge in [-0.15, -0.1) is 0 Å². The lowest BCUT2D eigenvalue weighted by Crippen LogP contribution is -2.44. The first-order valence-corrected chi connectivity index (χ1v) is 7.76. The molecule has 0 amide bonds. The summed E-state index contributed by atoms with van der Waals surface area (Å²) in [5.74, 6) is 8.50. The highest BCUT2D eigenvalue weighted by atomic mass is 79.9. The third-order valence-electron chi connectivity index (χ3n) is 4.89. The Balaban J connectivity index is 1.67. The van der Waals surface area contributed by atoms with E-state index in [-0.39, 0.29) is 0 Å². The van der Waals surface area contributed by atoms with Gasteiger partial charge in [-0.1, -0.05) is 34.5 Å². The van der Waals surface area contributed by atoms with Gasteiger partial charge < -0.3 is 0 Å². The second kappa shape index (κ2) is 5.32. The molecule has 4 unspecified atom stereocenters. The van der Waals surface area contributed by atoms with Crippen molar-refractivity contribution in [2.45, 2.75) is 38.1 Å². The van der Waals surface area contributed by atoms with Crippen LogP contribution in [-0.4, -0.2) is 6.04 Å². The first-order chi connectivity index (χ1) is 8.76. The number of rotatable bonds is 4. The Morgan fingerprint density at radius 2 is 2.00 bits per heavy atom. The summed E-state index contributed by atoms with van der Waals surface area (Å²) < 4.78 is 1.14. The van der Waals surface area contributed by atoms with E-state index in [2.05, 4.69) is 45.6 Å². The quantitative estimate of drug-likeness (QED) is 0.662. The van der Waals surface area contributed by atoms with E-state index in [1.165, 1.54) is 31.2 Å². The van der Waals surface area contributed by atoms with E-state index in [0.717, 1.165) is 28.6 Å². The van der Waals surface area contributed by atoms with Crippen molar-refractivity contribution in [3.63, 3.8) is 0 Å². The summed E-state index contributed by atoms with van der Waals surface area (Å²) in [5.41, 5.74) is 4.46. The van der Waals surface area contributed by atoms with Crippen LogP contribution in [0.15, 0.2) is 28.7 Å². The first-order valence-electron chi connectivity index (χ1n) is 6.97. The van der Waals surface area contributed by atoms with Crippen molar-refractivity contribution in [3.8, 4) is 0 Å². The Labute approximate surface area is 117 Å². The molecular weight excluding hydrogens is 288 g/mol. The molecule has 3 N–H and O–H groups in total. The standard InChI is InChI=1S/C15H21BrN2/c16-13-5-2-10(3-6-13)9-15(18-17)14-8-11-1-4-12(14)7-11/h2-3,5-6,11-12,14-15,18H,1,4,7-9,17H2. The average molecular weight is 309 g/mol. The van der Waals surface area contributed by atoms with Crippen LogP contribution in [0.1, 0.15) is 31.2 Å². The molecule has 0 radical (unpaired) electrons. The van der Waals surface area contributed by atoms with Crippen molar-refractivity contribution in [1.29, 1.82) is 0 Å². The second-order valence-electron chi connectivity index (χ2n) is 5.94. The van der Waals surface area contributed by atoms with Gasteiger partial charge in [-0.3, -0.25) is 11.3 Å². The number of nitrogens with two attached hydrogens (primary N) is 1. The molecule has 2 nitrogen and oxygen atoms in total. The normalized spacial score (nSPS) is 31.8. The number of benzene rings is 1. The molecule has 2 aliphatic rings.